The molecule has 8 heteroatoms. The van der Waals surface area contributed by atoms with Gasteiger partial charge in [0.05, 0.1) is 17.7 Å². The number of amides is 1. The molecule has 7 nitrogen and oxygen atoms in total. The number of nitrogens with one attached hydrogen (secondary N) is 1. The van der Waals surface area contributed by atoms with E-state index in [1.165, 1.54) is 4.80 Å². The second-order valence-electron chi connectivity index (χ2n) is 5.92. The van der Waals surface area contributed by atoms with Crippen LogP contribution in [0.25, 0.3) is 11.4 Å². The molecule has 3 aromatic rings. The number of carbonyl (C=O) groups excluding carboxylic acids is 1. The maximum atomic E-state index is 12.4. The van der Waals surface area contributed by atoms with Crippen LogP contribution in [0.5, 0.6) is 5.75 Å². The highest BCUT2D eigenvalue weighted by molar-refractivity contribution is 6.33. The molecule has 4 rings (SSSR count). The molecule has 1 N–H and O–H groups in total. The van der Waals surface area contributed by atoms with E-state index in [0.717, 1.165) is 17.7 Å². The number of halogens is 1. The van der Waals surface area contributed by atoms with Gasteiger partial charge in [-0.05, 0) is 23.4 Å². The highest BCUT2D eigenvalue weighted by Crippen LogP contribution is 2.31. The number of rotatable bonds is 4. The molecule has 2 heterocycles. The zero-order chi connectivity index (χ0) is 17.9. The summed E-state index contributed by atoms with van der Waals surface area (Å²) < 4.78 is 5.61. The van der Waals surface area contributed by atoms with Crippen molar-refractivity contribution in [2.45, 2.75) is 19.0 Å². The fourth-order valence-corrected chi connectivity index (χ4v) is 3.14. The van der Waals surface area contributed by atoms with Gasteiger partial charge >= 0.3 is 0 Å². The van der Waals surface area contributed by atoms with Crippen molar-refractivity contribution in [3.63, 3.8) is 0 Å². The lowest BCUT2D eigenvalue weighted by atomic mass is 10.0. The third-order valence-electron chi connectivity index (χ3n) is 4.15. The van der Waals surface area contributed by atoms with Gasteiger partial charge in [0.2, 0.25) is 11.7 Å². The quantitative estimate of drug-likeness (QED) is 0.764. The van der Waals surface area contributed by atoms with Crippen LogP contribution in [0.4, 0.5) is 0 Å². The van der Waals surface area contributed by atoms with Gasteiger partial charge in [0.1, 0.15) is 12.3 Å². The lowest BCUT2D eigenvalue weighted by Gasteiger charge is -2.26. The molecule has 1 aliphatic heterocycles. The van der Waals surface area contributed by atoms with Crippen LogP contribution in [-0.4, -0.2) is 32.7 Å². The highest BCUT2D eigenvalue weighted by Gasteiger charge is 2.23. The number of tetrazole rings is 1. The molecule has 0 radical (unpaired) electrons. The SMILES string of the molecule is O=C(Cn1nnc(-c2ccccc2Cl)n1)N[C@H]1CCOc2ccccc21. The first-order chi connectivity index (χ1) is 12.7. The van der Waals surface area contributed by atoms with Crippen molar-refractivity contribution in [3.8, 4) is 17.1 Å². The van der Waals surface area contributed by atoms with Gasteiger partial charge in [-0.25, -0.2) is 0 Å². The second kappa shape index (κ2) is 7.13. The summed E-state index contributed by atoms with van der Waals surface area (Å²) in [5.41, 5.74) is 1.66. The molecule has 0 fully saturated rings. The van der Waals surface area contributed by atoms with E-state index < -0.39 is 0 Å². The molecular weight excluding hydrogens is 354 g/mol. The fourth-order valence-electron chi connectivity index (χ4n) is 2.92. The highest BCUT2D eigenvalue weighted by atomic mass is 35.5. The molecule has 0 aliphatic carbocycles. The minimum absolute atomic E-state index is 0.0169. The van der Waals surface area contributed by atoms with Crippen molar-refractivity contribution in [2.24, 2.45) is 0 Å². The molecule has 0 spiro atoms. The first kappa shape index (κ1) is 16.5. The van der Waals surface area contributed by atoms with Gasteiger partial charge in [-0.3, -0.25) is 4.79 Å². The van der Waals surface area contributed by atoms with Crippen molar-refractivity contribution < 1.29 is 9.53 Å². The van der Waals surface area contributed by atoms with E-state index >= 15 is 0 Å². The number of nitrogens with zero attached hydrogens (tertiary/aromatic N) is 4. The summed E-state index contributed by atoms with van der Waals surface area (Å²) in [6, 6.07) is 14.9. The number of para-hydroxylation sites is 1. The lowest BCUT2D eigenvalue weighted by Crippen LogP contribution is -2.34. The number of ether oxygens (including phenoxy) is 1. The molecule has 0 bridgehead atoms. The van der Waals surface area contributed by atoms with Crippen molar-refractivity contribution in [3.05, 3.63) is 59.1 Å². The molecule has 0 saturated heterocycles. The van der Waals surface area contributed by atoms with Gasteiger partial charge in [0, 0.05) is 17.5 Å². The maximum absolute atomic E-state index is 12.4. The van der Waals surface area contributed by atoms with Crippen LogP contribution in [-0.2, 0) is 11.3 Å². The number of hydrogen-bond donors (Lipinski definition) is 1. The number of hydrogen-bond acceptors (Lipinski definition) is 5. The van der Waals surface area contributed by atoms with E-state index in [2.05, 4.69) is 20.7 Å². The van der Waals surface area contributed by atoms with Crippen LogP contribution in [0, 0.1) is 0 Å². The van der Waals surface area contributed by atoms with Gasteiger partial charge in [0.15, 0.2) is 0 Å². The number of aromatic nitrogens is 4. The van der Waals surface area contributed by atoms with E-state index in [4.69, 9.17) is 16.3 Å². The molecule has 2 aromatic carbocycles. The lowest BCUT2D eigenvalue weighted by molar-refractivity contribution is -0.123. The van der Waals surface area contributed by atoms with E-state index in [1.807, 2.05) is 42.5 Å². The summed E-state index contributed by atoms with van der Waals surface area (Å²) in [6.45, 7) is 0.553. The molecule has 1 amide bonds. The van der Waals surface area contributed by atoms with Crippen LogP contribution >= 0.6 is 11.6 Å². The summed E-state index contributed by atoms with van der Waals surface area (Å²) in [5.74, 6) is 1.01. The van der Waals surface area contributed by atoms with Gasteiger partial charge < -0.3 is 10.1 Å². The van der Waals surface area contributed by atoms with E-state index in [0.29, 0.717) is 23.0 Å². The summed E-state index contributed by atoms with van der Waals surface area (Å²) >= 11 is 6.14. The standard InChI is InChI=1S/C18H16ClN5O2/c19-14-7-3-1-5-12(14)18-21-23-24(22-18)11-17(25)20-15-9-10-26-16-8-4-2-6-13(15)16/h1-8,15H,9-11H2,(H,20,25)/t15-/m0/s1. The smallest absolute Gasteiger partial charge is 0.244 e. The van der Waals surface area contributed by atoms with Crippen molar-refractivity contribution >= 4 is 17.5 Å². The Hall–Kier alpha value is -2.93. The Bertz CT molecular complexity index is 943. The number of fused-ring (bicyclic) bond motifs is 1. The third-order valence-corrected chi connectivity index (χ3v) is 4.48. The summed E-state index contributed by atoms with van der Waals surface area (Å²) in [6.07, 6.45) is 0.721. The molecular formula is C18H16ClN5O2. The number of carbonyl (C=O) groups is 1. The predicted octanol–water partition coefficient (Wildman–Crippen LogP) is 2.63. The van der Waals surface area contributed by atoms with Gasteiger partial charge in [-0.1, -0.05) is 41.9 Å². The Morgan fingerprint density at radius 1 is 1.23 bits per heavy atom. The van der Waals surface area contributed by atoms with Crippen LogP contribution in [0.15, 0.2) is 48.5 Å². The van der Waals surface area contributed by atoms with E-state index in [1.54, 1.807) is 6.07 Å². The predicted molar refractivity (Wildman–Crippen MR) is 95.7 cm³/mol. The summed E-state index contributed by atoms with van der Waals surface area (Å²) in [5, 5.41) is 15.7. The van der Waals surface area contributed by atoms with Crippen molar-refractivity contribution in [1.29, 1.82) is 0 Å². The first-order valence-corrected chi connectivity index (χ1v) is 8.62. The zero-order valence-corrected chi connectivity index (χ0v) is 14.6. The number of benzene rings is 2. The normalized spacial score (nSPS) is 15.8. The van der Waals surface area contributed by atoms with Gasteiger partial charge in [0.25, 0.3) is 0 Å². The molecule has 1 aromatic heterocycles. The second-order valence-corrected chi connectivity index (χ2v) is 6.33. The van der Waals surface area contributed by atoms with Crippen LogP contribution in [0.3, 0.4) is 0 Å². The van der Waals surface area contributed by atoms with E-state index in [9.17, 15) is 4.79 Å². The topological polar surface area (TPSA) is 81.9 Å². The van der Waals surface area contributed by atoms with Crippen LogP contribution in [0.1, 0.15) is 18.0 Å². The Kier molecular flexibility index (Phi) is 4.53. The minimum Gasteiger partial charge on any atom is -0.493 e. The monoisotopic (exact) mass is 369 g/mol. The average molecular weight is 370 g/mol. The Balaban J connectivity index is 1.44. The van der Waals surface area contributed by atoms with Crippen molar-refractivity contribution in [1.82, 2.24) is 25.5 Å². The van der Waals surface area contributed by atoms with Crippen LogP contribution < -0.4 is 10.1 Å². The zero-order valence-electron chi connectivity index (χ0n) is 13.8. The molecule has 0 unspecified atom stereocenters. The largest absolute Gasteiger partial charge is 0.493 e. The Labute approximate surface area is 154 Å². The summed E-state index contributed by atoms with van der Waals surface area (Å²) in [4.78, 5) is 13.7. The first-order valence-electron chi connectivity index (χ1n) is 8.24. The molecule has 132 valence electrons. The third kappa shape index (κ3) is 3.39. The minimum atomic E-state index is -0.185. The van der Waals surface area contributed by atoms with Gasteiger partial charge in [-0.2, -0.15) is 4.80 Å². The maximum Gasteiger partial charge on any atom is 0.244 e. The average Bonchev–Trinajstić information content (AvgIpc) is 3.10. The van der Waals surface area contributed by atoms with Crippen LogP contribution in [0.2, 0.25) is 5.02 Å². The molecule has 1 atom stereocenters. The Morgan fingerprint density at radius 3 is 2.92 bits per heavy atom. The molecule has 0 saturated carbocycles. The van der Waals surface area contributed by atoms with E-state index in [-0.39, 0.29) is 18.5 Å². The van der Waals surface area contributed by atoms with Gasteiger partial charge in [-0.15, -0.1) is 10.2 Å². The molecule has 26 heavy (non-hydrogen) atoms. The molecule has 1 aliphatic rings. The van der Waals surface area contributed by atoms with Crippen molar-refractivity contribution in [2.75, 3.05) is 6.61 Å². The Morgan fingerprint density at radius 2 is 2.04 bits per heavy atom. The fraction of sp³-hybridized carbons (Fsp3) is 0.222. The summed E-state index contributed by atoms with van der Waals surface area (Å²) in [7, 11) is 0.